The lowest BCUT2D eigenvalue weighted by Crippen LogP contribution is -2.18. The van der Waals surface area contributed by atoms with Gasteiger partial charge in [0.1, 0.15) is 0 Å². The van der Waals surface area contributed by atoms with Gasteiger partial charge in [-0.25, -0.2) is 0 Å². The third-order valence-electron chi connectivity index (χ3n) is 3.18. The van der Waals surface area contributed by atoms with Crippen LogP contribution in [0, 0.1) is 17.8 Å². The second-order valence-corrected chi connectivity index (χ2v) is 4.00. The molecule has 2 fully saturated rings. The predicted octanol–water partition coefficient (Wildman–Crippen LogP) is 1.59. The molecule has 58 valence electrons. The lowest BCUT2D eigenvalue weighted by atomic mass is 10.1. The van der Waals surface area contributed by atoms with Crippen LogP contribution in [0.2, 0.25) is 0 Å². The summed E-state index contributed by atoms with van der Waals surface area (Å²) in [6.45, 7) is 5.07. The Balaban J connectivity index is 1.81. The van der Waals surface area contributed by atoms with Crippen molar-refractivity contribution in [2.24, 2.45) is 17.8 Å². The summed E-state index contributed by atoms with van der Waals surface area (Å²) in [6, 6.07) is 0. The fourth-order valence-electron chi connectivity index (χ4n) is 2.62. The molecule has 10 heavy (non-hydrogen) atoms. The van der Waals surface area contributed by atoms with Crippen LogP contribution < -0.4 is 0 Å². The molecular weight excluding hydrogens is 122 g/mol. The highest BCUT2D eigenvalue weighted by molar-refractivity contribution is 5.03. The van der Waals surface area contributed by atoms with Crippen molar-refractivity contribution in [1.29, 1.82) is 0 Å². The van der Waals surface area contributed by atoms with Crippen molar-refractivity contribution in [2.75, 3.05) is 20.1 Å². The maximum Gasteiger partial charge on any atom is 0.00127 e. The second kappa shape index (κ2) is 2.23. The third kappa shape index (κ3) is 0.878. The lowest BCUT2D eigenvalue weighted by Gasteiger charge is -2.11. The Bertz CT molecular complexity index is 114. The topological polar surface area (TPSA) is 3.24 Å². The van der Waals surface area contributed by atoms with Crippen LogP contribution in [-0.4, -0.2) is 25.0 Å². The summed E-state index contributed by atoms with van der Waals surface area (Å²) in [5, 5.41) is 0. The normalized spacial score (nSPS) is 45.6. The Hall–Kier alpha value is -0.0400. The first-order valence-electron chi connectivity index (χ1n) is 4.51. The number of fused-ring (bicyclic) bond motifs is 1. The third-order valence-corrected chi connectivity index (χ3v) is 3.18. The van der Waals surface area contributed by atoms with Gasteiger partial charge in [-0.05, 0) is 24.8 Å². The number of hydrogen-bond donors (Lipinski definition) is 0. The number of piperidine rings is 1. The maximum absolute atomic E-state index is 2.47. The molecule has 0 aromatic carbocycles. The molecule has 1 heteroatoms. The molecule has 0 N–H and O–H groups in total. The monoisotopic (exact) mass is 139 g/mol. The molecular formula is C9H17N. The van der Waals surface area contributed by atoms with Gasteiger partial charge in [-0.2, -0.15) is 0 Å². The van der Waals surface area contributed by atoms with Gasteiger partial charge >= 0.3 is 0 Å². The first-order chi connectivity index (χ1) is 4.83. The Morgan fingerprint density at radius 2 is 1.90 bits per heavy atom. The van der Waals surface area contributed by atoms with Gasteiger partial charge in [-0.15, -0.1) is 0 Å². The molecule has 0 aromatic rings. The fraction of sp³-hybridized carbons (Fsp3) is 1.00. The van der Waals surface area contributed by atoms with Crippen LogP contribution >= 0.6 is 0 Å². The average molecular weight is 139 g/mol. The highest BCUT2D eigenvalue weighted by Crippen LogP contribution is 2.53. The smallest absolute Gasteiger partial charge is 0.00127 e. The zero-order chi connectivity index (χ0) is 7.14. The molecule has 0 aromatic heterocycles. The van der Waals surface area contributed by atoms with E-state index in [0.717, 1.165) is 17.8 Å². The Morgan fingerprint density at radius 1 is 1.30 bits per heavy atom. The largest absolute Gasteiger partial charge is 0.306 e. The Kier molecular flexibility index (Phi) is 1.48. The van der Waals surface area contributed by atoms with Crippen LogP contribution in [0.1, 0.15) is 19.8 Å². The van der Waals surface area contributed by atoms with Crippen molar-refractivity contribution in [1.82, 2.24) is 4.90 Å². The number of likely N-dealkylation sites (tertiary alicyclic amines) is 1. The van der Waals surface area contributed by atoms with Crippen LogP contribution in [0.5, 0.6) is 0 Å². The van der Waals surface area contributed by atoms with Crippen molar-refractivity contribution < 1.29 is 0 Å². The van der Waals surface area contributed by atoms with Gasteiger partial charge in [0.25, 0.3) is 0 Å². The van der Waals surface area contributed by atoms with Crippen molar-refractivity contribution in [3.8, 4) is 0 Å². The van der Waals surface area contributed by atoms with E-state index in [-0.39, 0.29) is 0 Å². The summed E-state index contributed by atoms with van der Waals surface area (Å²) in [4.78, 5) is 2.47. The Labute approximate surface area is 63.4 Å². The number of rotatable bonds is 2. The van der Waals surface area contributed by atoms with E-state index in [2.05, 4.69) is 18.9 Å². The fourth-order valence-corrected chi connectivity index (χ4v) is 2.62. The molecule has 2 atom stereocenters. The number of nitrogens with zero attached hydrogens (tertiary/aromatic N) is 1. The van der Waals surface area contributed by atoms with Crippen LogP contribution in [0.3, 0.4) is 0 Å². The van der Waals surface area contributed by atoms with Crippen molar-refractivity contribution in [2.45, 2.75) is 19.8 Å². The summed E-state index contributed by atoms with van der Waals surface area (Å²) in [7, 11) is 2.25. The van der Waals surface area contributed by atoms with Crippen LogP contribution in [0.4, 0.5) is 0 Å². The summed E-state index contributed by atoms with van der Waals surface area (Å²) >= 11 is 0. The van der Waals surface area contributed by atoms with Crippen LogP contribution in [-0.2, 0) is 0 Å². The zero-order valence-corrected chi connectivity index (χ0v) is 7.01. The first kappa shape index (κ1) is 6.66. The zero-order valence-electron chi connectivity index (χ0n) is 7.01. The number of hydrogen-bond acceptors (Lipinski definition) is 1. The molecule has 2 unspecified atom stereocenters. The van der Waals surface area contributed by atoms with Crippen LogP contribution in [0.15, 0.2) is 0 Å². The minimum Gasteiger partial charge on any atom is -0.306 e. The molecule has 0 bridgehead atoms. The molecule has 1 heterocycles. The summed E-state index contributed by atoms with van der Waals surface area (Å²) in [5.74, 6) is 3.33. The molecule has 1 aliphatic heterocycles. The predicted molar refractivity (Wildman–Crippen MR) is 42.9 cm³/mol. The van der Waals surface area contributed by atoms with Gasteiger partial charge in [0.2, 0.25) is 0 Å². The maximum atomic E-state index is 2.47. The van der Waals surface area contributed by atoms with Gasteiger partial charge in [0, 0.05) is 13.1 Å². The minimum absolute atomic E-state index is 1.10. The van der Waals surface area contributed by atoms with E-state index in [4.69, 9.17) is 0 Å². The first-order valence-corrected chi connectivity index (χ1v) is 4.51. The van der Waals surface area contributed by atoms with E-state index in [1.54, 1.807) is 0 Å². The SMILES string of the molecule is CCCC1C2CN(C)CC12. The van der Waals surface area contributed by atoms with E-state index in [9.17, 15) is 0 Å². The van der Waals surface area contributed by atoms with Gasteiger partial charge in [0.15, 0.2) is 0 Å². The average Bonchev–Trinajstić information content (AvgIpc) is 2.43. The van der Waals surface area contributed by atoms with E-state index >= 15 is 0 Å². The van der Waals surface area contributed by atoms with E-state index in [0.29, 0.717) is 0 Å². The van der Waals surface area contributed by atoms with Crippen LogP contribution in [0.25, 0.3) is 0 Å². The van der Waals surface area contributed by atoms with E-state index < -0.39 is 0 Å². The molecule has 1 aliphatic carbocycles. The molecule has 0 radical (unpaired) electrons. The van der Waals surface area contributed by atoms with Crippen molar-refractivity contribution >= 4 is 0 Å². The molecule has 0 spiro atoms. The van der Waals surface area contributed by atoms with Gasteiger partial charge in [-0.3, -0.25) is 0 Å². The van der Waals surface area contributed by atoms with Gasteiger partial charge < -0.3 is 4.90 Å². The quantitative estimate of drug-likeness (QED) is 0.561. The highest BCUT2D eigenvalue weighted by Gasteiger charge is 2.53. The highest BCUT2D eigenvalue weighted by atomic mass is 15.2. The lowest BCUT2D eigenvalue weighted by molar-refractivity contribution is 0.338. The Morgan fingerprint density at radius 3 is 2.40 bits per heavy atom. The molecule has 0 amide bonds. The second-order valence-electron chi connectivity index (χ2n) is 4.00. The minimum atomic E-state index is 1.10. The van der Waals surface area contributed by atoms with E-state index in [1.807, 2.05) is 0 Å². The van der Waals surface area contributed by atoms with Gasteiger partial charge in [-0.1, -0.05) is 19.8 Å². The summed E-state index contributed by atoms with van der Waals surface area (Å²) < 4.78 is 0. The van der Waals surface area contributed by atoms with E-state index in [1.165, 1.54) is 25.9 Å². The van der Waals surface area contributed by atoms with Crippen molar-refractivity contribution in [3.63, 3.8) is 0 Å². The molecule has 1 nitrogen and oxygen atoms in total. The molecule has 1 saturated heterocycles. The van der Waals surface area contributed by atoms with Gasteiger partial charge in [0.05, 0.1) is 0 Å². The molecule has 1 saturated carbocycles. The molecule has 2 aliphatic rings. The molecule has 2 rings (SSSR count). The van der Waals surface area contributed by atoms with Crippen molar-refractivity contribution in [3.05, 3.63) is 0 Å². The standard InChI is InChI=1S/C9H17N/c1-3-4-7-8-5-10(2)6-9(7)8/h7-9H,3-6H2,1-2H3. The summed E-state index contributed by atoms with van der Waals surface area (Å²) in [6.07, 6.45) is 2.88. The summed E-state index contributed by atoms with van der Waals surface area (Å²) in [5.41, 5.74) is 0.